The fraction of sp³-hybridized carbons (Fsp3) is 0.250. The van der Waals surface area contributed by atoms with Crippen LogP contribution in [-0.2, 0) is 0 Å². The van der Waals surface area contributed by atoms with Crippen molar-refractivity contribution in [2.75, 3.05) is 0 Å². The predicted molar refractivity (Wildman–Crippen MR) is 49.3 cm³/mol. The van der Waals surface area contributed by atoms with Crippen molar-refractivity contribution in [3.8, 4) is 0 Å². The van der Waals surface area contributed by atoms with Crippen molar-refractivity contribution in [3.05, 3.63) is 34.9 Å². The molecule has 0 radical (unpaired) electrons. The number of benzene rings is 1. The van der Waals surface area contributed by atoms with Crippen LogP contribution in [0.1, 0.15) is 18.6 Å². The maximum atomic E-state index is 9.12. The topological polar surface area (TPSA) is 20.2 Å². The van der Waals surface area contributed by atoms with Gasteiger partial charge in [-0.05, 0) is 18.6 Å². The van der Waals surface area contributed by atoms with Gasteiger partial charge >= 0.3 is 0 Å². The second-order valence-corrected chi connectivity index (χ2v) is 2.60. The first kappa shape index (κ1) is 10.8. The third kappa shape index (κ3) is 2.70. The molecule has 0 amide bonds. The lowest BCUT2D eigenvalue weighted by molar-refractivity contribution is 0.199. The molecule has 0 saturated carbocycles. The highest BCUT2D eigenvalue weighted by Gasteiger charge is 2.02. The Kier molecular flexibility index (Phi) is 4.50. The fourth-order valence-electron chi connectivity index (χ4n) is 0.814. The standard InChI is InChI=1S/C8H9ClO.ClH/c1-6(10)7-4-2-3-5-8(7)9;/h2-6,10H,1H3;1H. The highest BCUT2D eigenvalue weighted by molar-refractivity contribution is 6.31. The van der Waals surface area contributed by atoms with Gasteiger partial charge in [0.05, 0.1) is 6.10 Å². The van der Waals surface area contributed by atoms with Crippen LogP contribution in [-0.4, -0.2) is 5.11 Å². The van der Waals surface area contributed by atoms with Crippen LogP contribution in [0.3, 0.4) is 0 Å². The molecule has 62 valence electrons. The molecule has 0 spiro atoms. The number of aliphatic hydroxyl groups is 1. The normalized spacial score (nSPS) is 11.9. The maximum Gasteiger partial charge on any atom is 0.0776 e. The zero-order valence-electron chi connectivity index (χ0n) is 6.12. The zero-order valence-corrected chi connectivity index (χ0v) is 7.69. The summed E-state index contributed by atoms with van der Waals surface area (Å²) in [6.45, 7) is 1.70. The summed E-state index contributed by atoms with van der Waals surface area (Å²) in [6, 6.07) is 7.28. The van der Waals surface area contributed by atoms with Crippen LogP contribution in [0.4, 0.5) is 0 Å². The number of rotatable bonds is 1. The average Bonchev–Trinajstić information content (AvgIpc) is 1.88. The second kappa shape index (κ2) is 4.60. The van der Waals surface area contributed by atoms with Crippen molar-refractivity contribution in [1.82, 2.24) is 0 Å². The summed E-state index contributed by atoms with van der Waals surface area (Å²) in [5.41, 5.74) is 0.782. The van der Waals surface area contributed by atoms with Crippen molar-refractivity contribution in [1.29, 1.82) is 0 Å². The van der Waals surface area contributed by atoms with Crippen LogP contribution in [0.25, 0.3) is 0 Å². The Morgan fingerprint density at radius 1 is 1.36 bits per heavy atom. The number of hydrogen-bond donors (Lipinski definition) is 1. The molecular formula is C8H10Cl2O. The number of halogens is 2. The minimum Gasteiger partial charge on any atom is -0.389 e. The summed E-state index contributed by atoms with van der Waals surface area (Å²) in [7, 11) is 0. The molecule has 0 aliphatic rings. The second-order valence-electron chi connectivity index (χ2n) is 2.20. The Morgan fingerprint density at radius 3 is 2.27 bits per heavy atom. The van der Waals surface area contributed by atoms with E-state index in [2.05, 4.69) is 0 Å². The largest absolute Gasteiger partial charge is 0.389 e. The van der Waals surface area contributed by atoms with Gasteiger partial charge in [0.15, 0.2) is 0 Å². The first-order valence-electron chi connectivity index (χ1n) is 3.14. The molecule has 3 heteroatoms. The Morgan fingerprint density at radius 2 is 1.91 bits per heavy atom. The number of hydrogen-bond acceptors (Lipinski definition) is 1. The molecule has 1 aromatic rings. The van der Waals surface area contributed by atoms with E-state index >= 15 is 0 Å². The summed E-state index contributed by atoms with van der Waals surface area (Å²) in [6.07, 6.45) is -0.478. The lowest BCUT2D eigenvalue weighted by Gasteiger charge is -2.04. The summed E-state index contributed by atoms with van der Waals surface area (Å²) >= 11 is 5.76. The van der Waals surface area contributed by atoms with E-state index in [1.807, 2.05) is 18.2 Å². The van der Waals surface area contributed by atoms with E-state index in [0.29, 0.717) is 5.02 Å². The van der Waals surface area contributed by atoms with Gasteiger partial charge in [0.1, 0.15) is 0 Å². The average molecular weight is 193 g/mol. The molecule has 0 fully saturated rings. The molecule has 11 heavy (non-hydrogen) atoms. The summed E-state index contributed by atoms with van der Waals surface area (Å²) in [5, 5.41) is 9.74. The van der Waals surface area contributed by atoms with Gasteiger partial charge in [-0.2, -0.15) is 0 Å². The molecule has 0 aliphatic carbocycles. The highest BCUT2D eigenvalue weighted by Crippen LogP contribution is 2.21. The monoisotopic (exact) mass is 192 g/mol. The van der Waals surface area contributed by atoms with E-state index < -0.39 is 6.10 Å². The van der Waals surface area contributed by atoms with Crippen LogP contribution in [0, 0.1) is 0 Å². The van der Waals surface area contributed by atoms with Crippen molar-refractivity contribution >= 4 is 24.0 Å². The molecule has 1 N–H and O–H groups in total. The molecule has 0 aliphatic heterocycles. The summed E-state index contributed by atoms with van der Waals surface area (Å²) in [5.74, 6) is 0. The van der Waals surface area contributed by atoms with Gasteiger partial charge < -0.3 is 5.11 Å². The molecule has 1 rings (SSSR count). The van der Waals surface area contributed by atoms with Crippen LogP contribution in [0.2, 0.25) is 5.02 Å². The third-order valence-electron chi connectivity index (χ3n) is 1.36. The van der Waals surface area contributed by atoms with Gasteiger partial charge in [0, 0.05) is 5.02 Å². The highest BCUT2D eigenvalue weighted by atomic mass is 35.5. The smallest absolute Gasteiger partial charge is 0.0776 e. The van der Waals surface area contributed by atoms with Crippen LogP contribution < -0.4 is 0 Å². The van der Waals surface area contributed by atoms with Crippen LogP contribution in [0.15, 0.2) is 24.3 Å². The van der Waals surface area contributed by atoms with Crippen LogP contribution >= 0.6 is 24.0 Å². The molecule has 1 aromatic carbocycles. The van der Waals surface area contributed by atoms with E-state index in [-0.39, 0.29) is 12.4 Å². The molecule has 0 saturated heterocycles. The van der Waals surface area contributed by atoms with Gasteiger partial charge in [-0.15, -0.1) is 12.4 Å². The van der Waals surface area contributed by atoms with Crippen molar-refractivity contribution < 1.29 is 5.11 Å². The van der Waals surface area contributed by atoms with Gasteiger partial charge in [0.25, 0.3) is 0 Å². The molecule has 1 unspecified atom stereocenters. The minimum absolute atomic E-state index is 0. The quantitative estimate of drug-likeness (QED) is 0.726. The van der Waals surface area contributed by atoms with Gasteiger partial charge in [-0.25, -0.2) is 0 Å². The molecular weight excluding hydrogens is 183 g/mol. The summed E-state index contributed by atoms with van der Waals surface area (Å²) < 4.78 is 0. The molecule has 0 heterocycles. The van der Waals surface area contributed by atoms with Crippen molar-refractivity contribution in [3.63, 3.8) is 0 Å². The minimum atomic E-state index is -0.478. The summed E-state index contributed by atoms with van der Waals surface area (Å²) in [4.78, 5) is 0. The van der Waals surface area contributed by atoms with E-state index in [4.69, 9.17) is 16.7 Å². The van der Waals surface area contributed by atoms with Gasteiger partial charge in [-0.1, -0.05) is 29.8 Å². The Labute approximate surface area is 77.4 Å². The third-order valence-corrected chi connectivity index (χ3v) is 1.70. The Balaban J connectivity index is 0.000001000. The fourth-order valence-corrected chi connectivity index (χ4v) is 1.11. The SMILES string of the molecule is CC(O)c1ccccc1Cl.Cl. The van der Waals surface area contributed by atoms with E-state index in [1.165, 1.54) is 0 Å². The zero-order chi connectivity index (χ0) is 7.56. The van der Waals surface area contributed by atoms with E-state index in [9.17, 15) is 0 Å². The predicted octanol–water partition coefficient (Wildman–Crippen LogP) is 2.82. The van der Waals surface area contributed by atoms with Gasteiger partial charge in [-0.3, -0.25) is 0 Å². The molecule has 0 bridgehead atoms. The molecule has 0 aromatic heterocycles. The molecule has 1 atom stereocenters. The van der Waals surface area contributed by atoms with Crippen molar-refractivity contribution in [2.24, 2.45) is 0 Å². The Bertz CT molecular complexity index is 223. The lowest BCUT2D eigenvalue weighted by Crippen LogP contribution is -1.90. The van der Waals surface area contributed by atoms with E-state index in [0.717, 1.165) is 5.56 Å². The van der Waals surface area contributed by atoms with Crippen LogP contribution in [0.5, 0.6) is 0 Å². The Hall–Kier alpha value is -0.240. The van der Waals surface area contributed by atoms with Gasteiger partial charge in [0.2, 0.25) is 0 Å². The lowest BCUT2D eigenvalue weighted by atomic mass is 10.1. The first-order chi connectivity index (χ1) is 4.72. The van der Waals surface area contributed by atoms with E-state index in [1.54, 1.807) is 13.0 Å². The number of aliphatic hydroxyl groups excluding tert-OH is 1. The maximum absolute atomic E-state index is 9.12. The first-order valence-corrected chi connectivity index (χ1v) is 3.52. The van der Waals surface area contributed by atoms with Crippen molar-refractivity contribution in [2.45, 2.75) is 13.0 Å². The molecule has 1 nitrogen and oxygen atoms in total.